The lowest BCUT2D eigenvalue weighted by atomic mass is 9.97. The number of hydrogen-bond acceptors (Lipinski definition) is 5. The Morgan fingerprint density at radius 2 is 1.53 bits per heavy atom. The normalized spacial score (nSPS) is 12.8. The van der Waals surface area contributed by atoms with E-state index >= 15 is 0 Å². The highest BCUT2D eigenvalue weighted by Crippen LogP contribution is 2.27. The number of hydrogen-bond donors (Lipinski definition) is 0. The molecule has 0 amide bonds. The number of pyridine rings is 3. The van der Waals surface area contributed by atoms with Crippen molar-refractivity contribution >= 4 is 21.8 Å². The first-order valence-corrected chi connectivity index (χ1v) is 11.9. The number of aryl methyl sites for hydroxylation is 4. The Morgan fingerprint density at radius 3 is 2.32 bits per heavy atom. The van der Waals surface area contributed by atoms with E-state index in [9.17, 15) is 0 Å². The van der Waals surface area contributed by atoms with E-state index in [1.54, 1.807) is 0 Å². The van der Waals surface area contributed by atoms with Crippen LogP contribution in [-0.4, -0.2) is 34.5 Å². The molecule has 0 saturated carbocycles. The van der Waals surface area contributed by atoms with Crippen molar-refractivity contribution in [2.45, 2.75) is 59.4 Å². The molecule has 0 aliphatic heterocycles. The summed E-state index contributed by atoms with van der Waals surface area (Å²) in [7, 11) is 1.95. The maximum absolute atomic E-state index is 4.81. The van der Waals surface area contributed by atoms with Gasteiger partial charge in [-0.15, -0.1) is 0 Å². The Hall–Kier alpha value is -3.61. The fourth-order valence-corrected chi connectivity index (χ4v) is 4.58. The monoisotopic (exact) mass is 453 g/mol. The third kappa shape index (κ3) is 3.95. The van der Waals surface area contributed by atoms with Crippen molar-refractivity contribution in [3.8, 4) is 11.4 Å². The third-order valence-corrected chi connectivity index (χ3v) is 6.74. The predicted molar refractivity (Wildman–Crippen MR) is 136 cm³/mol. The van der Waals surface area contributed by atoms with E-state index in [0.717, 1.165) is 57.9 Å². The molecule has 0 bridgehead atoms. The lowest BCUT2D eigenvalue weighted by molar-refractivity contribution is 0.543. The van der Waals surface area contributed by atoms with Crippen LogP contribution >= 0.6 is 0 Å². The minimum Gasteiger partial charge on any atom is -0.266 e. The van der Waals surface area contributed by atoms with Gasteiger partial charge in [0.05, 0.1) is 46.2 Å². The molecule has 0 N–H and O–H groups in total. The van der Waals surface area contributed by atoms with Crippen LogP contribution in [0.5, 0.6) is 0 Å². The molecule has 5 aromatic heterocycles. The Balaban J connectivity index is 1.37. The molecule has 5 aromatic rings. The van der Waals surface area contributed by atoms with Crippen LogP contribution in [0.4, 0.5) is 0 Å². The van der Waals surface area contributed by atoms with Gasteiger partial charge < -0.3 is 0 Å². The van der Waals surface area contributed by atoms with E-state index in [4.69, 9.17) is 5.10 Å². The van der Waals surface area contributed by atoms with Crippen molar-refractivity contribution in [3.63, 3.8) is 0 Å². The lowest BCUT2D eigenvalue weighted by Gasteiger charge is -2.13. The molecule has 0 aliphatic rings. The molecular weight excluding hydrogens is 422 g/mol. The fraction of sp³-hybridized carbons (Fsp3) is 0.370. The van der Waals surface area contributed by atoms with Crippen molar-refractivity contribution in [2.24, 2.45) is 7.05 Å². The van der Waals surface area contributed by atoms with Gasteiger partial charge in [-0.25, -0.2) is 0 Å². The van der Waals surface area contributed by atoms with E-state index in [1.807, 2.05) is 37.2 Å². The Kier molecular flexibility index (Phi) is 5.63. The first-order valence-electron chi connectivity index (χ1n) is 11.9. The first kappa shape index (κ1) is 22.2. The minimum atomic E-state index is 0.355. The summed E-state index contributed by atoms with van der Waals surface area (Å²) in [5, 5.41) is 11.6. The maximum Gasteiger partial charge on any atom is 0.0894 e. The number of rotatable bonds is 6. The molecule has 0 saturated heterocycles. The molecule has 0 radical (unpaired) electrons. The van der Waals surface area contributed by atoms with Crippen molar-refractivity contribution < 1.29 is 0 Å². The van der Waals surface area contributed by atoms with Crippen LogP contribution in [0.3, 0.4) is 0 Å². The van der Waals surface area contributed by atoms with Crippen molar-refractivity contribution in [2.75, 3.05) is 0 Å². The zero-order valence-corrected chi connectivity index (χ0v) is 20.7. The van der Waals surface area contributed by atoms with Crippen LogP contribution in [0, 0.1) is 13.8 Å². The second-order valence-electron chi connectivity index (χ2n) is 9.55. The van der Waals surface area contributed by atoms with Gasteiger partial charge in [-0.2, -0.15) is 10.2 Å². The highest BCUT2D eigenvalue weighted by Gasteiger charge is 2.14. The third-order valence-electron chi connectivity index (χ3n) is 6.74. The second kappa shape index (κ2) is 8.63. The van der Waals surface area contributed by atoms with Crippen molar-refractivity contribution in [3.05, 3.63) is 65.5 Å². The molecule has 0 spiro atoms. The largest absolute Gasteiger partial charge is 0.266 e. The average Bonchev–Trinajstić information content (AvgIpc) is 3.31. The molecule has 0 aliphatic carbocycles. The Labute approximate surface area is 199 Å². The molecular formula is C27H31N7. The fourth-order valence-electron chi connectivity index (χ4n) is 4.58. The van der Waals surface area contributed by atoms with Gasteiger partial charge in [0.25, 0.3) is 0 Å². The summed E-state index contributed by atoms with van der Waals surface area (Å²) in [6.07, 6.45) is 6.71. The molecule has 5 heterocycles. The summed E-state index contributed by atoms with van der Waals surface area (Å²) < 4.78 is 3.97. The quantitative estimate of drug-likeness (QED) is 0.329. The Morgan fingerprint density at radius 1 is 0.824 bits per heavy atom. The molecule has 0 fully saturated rings. The standard InChI is InChI=1S/C27H31N7/c1-16(2)23-12-22-19(5)32-34(27(22)15-29-23)10-8-17(3)20-7-9-28-24(11-20)25-13-21-18(4)31-33(6)26(21)14-30-25/h7,9,11-17H,8,10H2,1-6H3. The van der Waals surface area contributed by atoms with E-state index in [1.165, 1.54) is 10.9 Å². The van der Waals surface area contributed by atoms with Gasteiger partial charge in [-0.3, -0.25) is 24.3 Å². The molecule has 34 heavy (non-hydrogen) atoms. The van der Waals surface area contributed by atoms with Crippen molar-refractivity contribution in [1.29, 1.82) is 0 Å². The summed E-state index contributed by atoms with van der Waals surface area (Å²) in [5.74, 6) is 0.762. The first-order chi connectivity index (χ1) is 16.3. The van der Waals surface area contributed by atoms with E-state index in [0.29, 0.717) is 11.8 Å². The van der Waals surface area contributed by atoms with Crippen LogP contribution in [0.25, 0.3) is 33.2 Å². The summed E-state index contributed by atoms with van der Waals surface area (Å²) >= 11 is 0. The molecule has 174 valence electrons. The van der Waals surface area contributed by atoms with Gasteiger partial charge in [-0.05, 0) is 61.9 Å². The van der Waals surface area contributed by atoms with Gasteiger partial charge in [0.1, 0.15) is 0 Å². The van der Waals surface area contributed by atoms with E-state index in [2.05, 4.69) is 76.7 Å². The molecule has 1 atom stereocenters. The zero-order valence-electron chi connectivity index (χ0n) is 20.7. The Bertz CT molecular complexity index is 1490. The smallest absolute Gasteiger partial charge is 0.0894 e. The highest BCUT2D eigenvalue weighted by atomic mass is 15.3. The van der Waals surface area contributed by atoms with Crippen LogP contribution in [0.1, 0.15) is 61.7 Å². The minimum absolute atomic E-state index is 0.355. The summed E-state index contributed by atoms with van der Waals surface area (Å²) in [6, 6.07) is 8.54. The van der Waals surface area contributed by atoms with Gasteiger partial charge >= 0.3 is 0 Å². The molecule has 5 rings (SSSR count). The van der Waals surface area contributed by atoms with Gasteiger partial charge in [-0.1, -0.05) is 20.8 Å². The number of fused-ring (bicyclic) bond motifs is 2. The van der Waals surface area contributed by atoms with Crippen molar-refractivity contribution in [1.82, 2.24) is 34.5 Å². The van der Waals surface area contributed by atoms with Crippen LogP contribution in [-0.2, 0) is 13.6 Å². The SMILES string of the molecule is Cc1nn(C)c2cnc(-c3cc(C(C)CCn4nc(C)c5cc(C(C)C)ncc54)ccn3)cc12. The molecule has 1 unspecified atom stereocenters. The highest BCUT2D eigenvalue weighted by molar-refractivity contribution is 5.84. The van der Waals surface area contributed by atoms with Crippen LogP contribution in [0.15, 0.2) is 42.9 Å². The molecule has 7 heteroatoms. The zero-order chi connectivity index (χ0) is 24.0. The van der Waals surface area contributed by atoms with Gasteiger partial charge in [0, 0.05) is 36.3 Å². The number of aromatic nitrogens is 7. The van der Waals surface area contributed by atoms with E-state index in [-0.39, 0.29) is 0 Å². The number of nitrogens with zero attached hydrogens (tertiary/aromatic N) is 7. The van der Waals surface area contributed by atoms with Gasteiger partial charge in [0.15, 0.2) is 0 Å². The predicted octanol–water partition coefficient (Wildman–Crippen LogP) is 5.71. The molecule has 7 nitrogen and oxygen atoms in total. The van der Waals surface area contributed by atoms with E-state index < -0.39 is 0 Å². The second-order valence-corrected chi connectivity index (χ2v) is 9.55. The lowest BCUT2D eigenvalue weighted by Crippen LogP contribution is -2.05. The van der Waals surface area contributed by atoms with Crippen LogP contribution < -0.4 is 0 Å². The average molecular weight is 454 g/mol. The van der Waals surface area contributed by atoms with Crippen LogP contribution in [0.2, 0.25) is 0 Å². The summed E-state index contributed by atoms with van der Waals surface area (Å²) in [4.78, 5) is 13.9. The molecule has 0 aromatic carbocycles. The van der Waals surface area contributed by atoms with Gasteiger partial charge in [0.2, 0.25) is 0 Å². The maximum atomic E-state index is 4.81. The summed E-state index contributed by atoms with van der Waals surface area (Å²) in [5.41, 5.74) is 8.33. The topological polar surface area (TPSA) is 74.3 Å². The summed E-state index contributed by atoms with van der Waals surface area (Å²) in [6.45, 7) is 11.5.